The maximum atomic E-state index is 11.4. The molecule has 0 aliphatic rings. The van der Waals surface area contributed by atoms with E-state index in [4.69, 9.17) is 10.5 Å². The highest BCUT2D eigenvalue weighted by Crippen LogP contribution is 2.20. The van der Waals surface area contributed by atoms with Gasteiger partial charge in [0, 0.05) is 11.8 Å². The Kier molecular flexibility index (Phi) is 5.13. The van der Waals surface area contributed by atoms with Crippen LogP contribution in [-0.2, 0) is 4.74 Å². The molecule has 0 unspecified atom stereocenters. The van der Waals surface area contributed by atoms with E-state index in [1.54, 1.807) is 20.8 Å². The van der Waals surface area contributed by atoms with Gasteiger partial charge < -0.3 is 15.8 Å². The summed E-state index contributed by atoms with van der Waals surface area (Å²) in [5.74, 6) is 5.25. The number of hydrogen-bond donors (Lipinski definition) is 2. The van der Waals surface area contributed by atoms with Crippen molar-refractivity contribution in [3.05, 3.63) is 33.9 Å². The first kappa shape index (κ1) is 16.3. The second-order valence-electron chi connectivity index (χ2n) is 5.19. The van der Waals surface area contributed by atoms with E-state index in [2.05, 4.69) is 17.2 Å². The molecule has 0 spiro atoms. The number of ether oxygens (including phenoxy) is 1. The zero-order valence-electron chi connectivity index (χ0n) is 12.1. The Balaban J connectivity index is 2.68. The van der Waals surface area contributed by atoms with Crippen LogP contribution >= 0.6 is 0 Å². The van der Waals surface area contributed by atoms with Gasteiger partial charge in [-0.3, -0.25) is 10.1 Å². The van der Waals surface area contributed by atoms with Crippen molar-refractivity contribution in [2.75, 3.05) is 12.3 Å². The molecule has 1 aromatic carbocycles. The minimum Gasteiger partial charge on any atom is -0.444 e. The summed E-state index contributed by atoms with van der Waals surface area (Å²) in [6.45, 7) is 5.26. The average molecular weight is 291 g/mol. The minimum absolute atomic E-state index is 0.0243. The molecule has 112 valence electrons. The molecular formula is C14H17N3O4. The standard InChI is InChI=1S/C14H17N3O4/c1-14(2,3)21-13(18)16-8-4-5-10-6-7-11(15)9-12(10)17(19)20/h6-7,9H,8,15H2,1-3H3,(H,16,18). The van der Waals surface area contributed by atoms with E-state index in [9.17, 15) is 14.9 Å². The summed E-state index contributed by atoms with van der Waals surface area (Å²) < 4.78 is 5.03. The first-order valence-electron chi connectivity index (χ1n) is 6.18. The quantitative estimate of drug-likeness (QED) is 0.375. The van der Waals surface area contributed by atoms with E-state index in [0.29, 0.717) is 5.69 Å². The second-order valence-corrected chi connectivity index (χ2v) is 5.19. The van der Waals surface area contributed by atoms with Crippen molar-refractivity contribution in [3.8, 4) is 11.8 Å². The number of nitrogens with zero attached hydrogens (tertiary/aromatic N) is 1. The van der Waals surface area contributed by atoms with Crippen LogP contribution in [0.3, 0.4) is 0 Å². The highest BCUT2D eigenvalue weighted by Gasteiger charge is 2.15. The molecule has 0 saturated carbocycles. The van der Waals surface area contributed by atoms with E-state index in [1.807, 2.05) is 0 Å². The van der Waals surface area contributed by atoms with Gasteiger partial charge in [0.05, 0.1) is 11.5 Å². The Morgan fingerprint density at radius 2 is 2.14 bits per heavy atom. The van der Waals surface area contributed by atoms with Crippen LogP contribution in [0.1, 0.15) is 26.3 Å². The number of rotatable bonds is 2. The van der Waals surface area contributed by atoms with Crippen LogP contribution in [0, 0.1) is 22.0 Å². The molecule has 0 fully saturated rings. The van der Waals surface area contributed by atoms with Gasteiger partial charge in [-0.15, -0.1) is 0 Å². The van der Waals surface area contributed by atoms with Crippen molar-refractivity contribution < 1.29 is 14.5 Å². The van der Waals surface area contributed by atoms with Crippen LogP contribution in [-0.4, -0.2) is 23.2 Å². The zero-order chi connectivity index (χ0) is 16.0. The molecule has 0 aliphatic carbocycles. The maximum absolute atomic E-state index is 11.4. The lowest BCUT2D eigenvalue weighted by atomic mass is 10.1. The number of nitro benzene ring substituents is 1. The Bertz CT molecular complexity index is 609. The molecule has 21 heavy (non-hydrogen) atoms. The predicted octanol–water partition coefficient (Wildman–Crippen LogP) is 2.05. The molecule has 0 radical (unpaired) electrons. The number of carbonyl (C=O) groups is 1. The number of nitrogens with two attached hydrogens (primary N) is 1. The van der Waals surface area contributed by atoms with Crippen molar-refractivity contribution in [3.63, 3.8) is 0 Å². The molecule has 0 saturated heterocycles. The number of amides is 1. The summed E-state index contributed by atoms with van der Waals surface area (Å²) in [6, 6.07) is 4.23. The molecule has 1 aromatic rings. The minimum atomic E-state index is -0.594. The number of benzene rings is 1. The lowest BCUT2D eigenvalue weighted by Gasteiger charge is -2.18. The number of alkyl carbamates (subject to hydrolysis) is 1. The molecule has 3 N–H and O–H groups in total. The third-order valence-corrected chi connectivity index (χ3v) is 2.16. The highest BCUT2D eigenvalue weighted by molar-refractivity contribution is 5.68. The Morgan fingerprint density at radius 1 is 1.48 bits per heavy atom. The molecule has 7 nitrogen and oxygen atoms in total. The molecule has 7 heteroatoms. The topological polar surface area (TPSA) is 107 Å². The van der Waals surface area contributed by atoms with Gasteiger partial charge >= 0.3 is 6.09 Å². The normalized spacial score (nSPS) is 10.2. The van der Waals surface area contributed by atoms with Crippen LogP contribution < -0.4 is 11.1 Å². The van der Waals surface area contributed by atoms with Crippen molar-refractivity contribution >= 4 is 17.5 Å². The van der Waals surface area contributed by atoms with Gasteiger partial charge in [-0.05, 0) is 32.9 Å². The fourth-order valence-electron chi connectivity index (χ4n) is 1.38. The first-order chi connectivity index (χ1) is 9.69. The molecule has 0 atom stereocenters. The third kappa shape index (κ3) is 5.82. The average Bonchev–Trinajstić information content (AvgIpc) is 2.33. The fraction of sp³-hybridized carbons (Fsp3) is 0.357. The zero-order valence-corrected chi connectivity index (χ0v) is 12.1. The Morgan fingerprint density at radius 3 is 2.71 bits per heavy atom. The summed E-state index contributed by atoms with van der Waals surface area (Å²) >= 11 is 0. The van der Waals surface area contributed by atoms with Gasteiger partial charge in [0.25, 0.3) is 5.69 Å². The van der Waals surface area contributed by atoms with Crippen molar-refractivity contribution in [1.82, 2.24) is 5.32 Å². The van der Waals surface area contributed by atoms with Gasteiger partial charge in [-0.1, -0.05) is 11.8 Å². The van der Waals surface area contributed by atoms with Gasteiger partial charge in [0.2, 0.25) is 0 Å². The van der Waals surface area contributed by atoms with E-state index in [0.717, 1.165) is 0 Å². The lowest BCUT2D eigenvalue weighted by molar-refractivity contribution is -0.385. The number of carbonyl (C=O) groups excluding carboxylic acids is 1. The summed E-state index contributed by atoms with van der Waals surface area (Å²) in [5, 5.41) is 13.3. The molecule has 0 aromatic heterocycles. The van der Waals surface area contributed by atoms with Gasteiger partial charge in [0.1, 0.15) is 11.2 Å². The van der Waals surface area contributed by atoms with E-state index >= 15 is 0 Å². The second kappa shape index (κ2) is 6.61. The smallest absolute Gasteiger partial charge is 0.408 e. The van der Waals surface area contributed by atoms with Gasteiger partial charge in [-0.2, -0.15) is 0 Å². The van der Waals surface area contributed by atoms with Crippen molar-refractivity contribution in [1.29, 1.82) is 0 Å². The highest BCUT2D eigenvalue weighted by atomic mass is 16.6. The first-order valence-corrected chi connectivity index (χ1v) is 6.18. The Labute approximate surface area is 122 Å². The molecule has 0 bridgehead atoms. The van der Waals surface area contributed by atoms with Crippen LogP contribution in [0.2, 0.25) is 0 Å². The van der Waals surface area contributed by atoms with Crippen LogP contribution in [0.5, 0.6) is 0 Å². The molecular weight excluding hydrogens is 274 g/mol. The maximum Gasteiger partial charge on any atom is 0.408 e. The van der Waals surface area contributed by atoms with E-state index in [1.165, 1.54) is 18.2 Å². The fourth-order valence-corrected chi connectivity index (χ4v) is 1.38. The predicted molar refractivity (Wildman–Crippen MR) is 78.6 cm³/mol. The van der Waals surface area contributed by atoms with Crippen LogP contribution in [0.15, 0.2) is 18.2 Å². The number of nitrogen functional groups attached to an aromatic ring is 1. The SMILES string of the molecule is CC(C)(C)OC(=O)NCC#Cc1ccc(N)cc1[N+](=O)[O-]. The summed E-state index contributed by atoms with van der Waals surface area (Å²) in [5.41, 5.74) is 5.26. The van der Waals surface area contributed by atoms with Gasteiger partial charge in [0.15, 0.2) is 0 Å². The third-order valence-electron chi connectivity index (χ3n) is 2.16. The largest absolute Gasteiger partial charge is 0.444 e. The van der Waals surface area contributed by atoms with Crippen molar-refractivity contribution in [2.24, 2.45) is 0 Å². The Hall–Kier alpha value is -2.75. The number of anilines is 1. The van der Waals surface area contributed by atoms with E-state index < -0.39 is 16.6 Å². The number of hydrogen-bond acceptors (Lipinski definition) is 5. The molecule has 1 amide bonds. The lowest BCUT2D eigenvalue weighted by Crippen LogP contribution is -2.32. The number of nitrogens with one attached hydrogen (secondary N) is 1. The summed E-state index contributed by atoms with van der Waals surface area (Å²) in [7, 11) is 0. The van der Waals surface area contributed by atoms with E-state index in [-0.39, 0.29) is 17.8 Å². The number of nitro groups is 1. The van der Waals surface area contributed by atoms with Gasteiger partial charge in [-0.25, -0.2) is 4.79 Å². The summed E-state index contributed by atoms with van der Waals surface area (Å²) in [4.78, 5) is 21.7. The van der Waals surface area contributed by atoms with Crippen LogP contribution in [0.25, 0.3) is 0 Å². The molecule has 0 heterocycles. The van der Waals surface area contributed by atoms with Crippen LogP contribution in [0.4, 0.5) is 16.2 Å². The monoisotopic (exact) mass is 291 g/mol. The molecule has 0 aliphatic heterocycles. The molecule has 1 rings (SSSR count). The summed E-state index contributed by atoms with van der Waals surface area (Å²) in [6.07, 6.45) is -0.594. The van der Waals surface area contributed by atoms with Crippen molar-refractivity contribution in [2.45, 2.75) is 26.4 Å².